The summed E-state index contributed by atoms with van der Waals surface area (Å²) in [4.78, 5) is 14.6. The van der Waals surface area contributed by atoms with E-state index >= 15 is 0 Å². The van der Waals surface area contributed by atoms with Gasteiger partial charge in [0.15, 0.2) is 5.82 Å². The van der Waals surface area contributed by atoms with Crippen molar-refractivity contribution >= 4 is 27.8 Å². The first-order chi connectivity index (χ1) is 13.2. The first-order valence-corrected chi connectivity index (χ1v) is 9.45. The number of aromatic amines is 1. The van der Waals surface area contributed by atoms with Crippen molar-refractivity contribution in [2.24, 2.45) is 7.05 Å². The van der Waals surface area contributed by atoms with Gasteiger partial charge >= 0.3 is 0 Å². The zero-order valence-corrected chi connectivity index (χ0v) is 15.6. The molecule has 1 aliphatic heterocycles. The quantitative estimate of drug-likeness (QED) is 0.603. The van der Waals surface area contributed by atoms with Crippen LogP contribution in [0.1, 0.15) is 18.5 Å². The number of nitrogens with one attached hydrogen (secondary N) is 1. The Labute approximate surface area is 157 Å². The molecular formula is C21H23N5O. The molecule has 0 unspecified atom stereocenters. The zero-order chi connectivity index (χ0) is 18.4. The normalized spacial score (nSPS) is 15.7. The summed E-state index contributed by atoms with van der Waals surface area (Å²) in [7, 11) is 2.08. The Hall–Kier alpha value is -3.02. The number of anilines is 1. The topological polar surface area (TPSA) is 59.0 Å². The molecular weight excluding hydrogens is 338 g/mol. The molecule has 138 valence electrons. The van der Waals surface area contributed by atoms with Crippen molar-refractivity contribution in [1.29, 1.82) is 0 Å². The summed E-state index contributed by atoms with van der Waals surface area (Å²) in [6.45, 7) is 3.97. The molecule has 0 spiro atoms. The number of rotatable bonds is 3. The second-order valence-electron chi connectivity index (χ2n) is 7.28. The molecule has 4 aromatic rings. The molecule has 0 aliphatic carbocycles. The second kappa shape index (κ2) is 6.30. The van der Waals surface area contributed by atoms with Crippen LogP contribution in [0.25, 0.3) is 21.9 Å². The summed E-state index contributed by atoms with van der Waals surface area (Å²) in [5.74, 6) is 2.00. The summed E-state index contributed by atoms with van der Waals surface area (Å²) in [5.41, 5.74) is 4.45. The van der Waals surface area contributed by atoms with Crippen molar-refractivity contribution < 1.29 is 4.74 Å². The van der Waals surface area contributed by atoms with Crippen molar-refractivity contribution in [1.82, 2.24) is 19.5 Å². The molecule has 27 heavy (non-hydrogen) atoms. The highest BCUT2D eigenvalue weighted by Gasteiger charge is 2.24. The summed E-state index contributed by atoms with van der Waals surface area (Å²) in [6.07, 6.45) is 5.83. The summed E-state index contributed by atoms with van der Waals surface area (Å²) < 4.78 is 8.52. The minimum Gasteiger partial charge on any atom is -0.490 e. The number of hydrogen-bond donors (Lipinski definition) is 1. The van der Waals surface area contributed by atoms with E-state index in [0.29, 0.717) is 0 Å². The van der Waals surface area contributed by atoms with Gasteiger partial charge in [-0.15, -0.1) is 0 Å². The summed E-state index contributed by atoms with van der Waals surface area (Å²) in [6, 6.07) is 10.4. The Morgan fingerprint density at radius 2 is 2.00 bits per heavy atom. The first-order valence-electron chi connectivity index (χ1n) is 9.45. The SMILES string of the molecule is Cc1cc2ncnc(N3CCC(Oc4cccc5[nH]ccc45)CC3)c2n1C. The van der Waals surface area contributed by atoms with Crippen LogP contribution in [0.15, 0.2) is 42.9 Å². The average molecular weight is 361 g/mol. The van der Waals surface area contributed by atoms with Gasteiger partial charge in [-0.05, 0) is 31.2 Å². The van der Waals surface area contributed by atoms with E-state index in [-0.39, 0.29) is 6.10 Å². The predicted molar refractivity (Wildman–Crippen MR) is 107 cm³/mol. The molecule has 0 radical (unpaired) electrons. The number of H-pyrrole nitrogens is 1. The van der Waals surface area contributed by atoms with Gasteiger partial charge in [0, 0.05) is 55.8 Å². The fourth-order valence-electron chi connectivity index (χ4n) is 4.04. The number of nitrogens with zero attached hydrogens (tertiary/aromatic N) is 4. The molecule has 1 fully saturated rings. The van der Waals surface area contributed by atoms with Crippen molar-refractivity contribution in [3.63, 3.8) is 0 Å². The number of ether oxygens (including phenoxy) is 1. The Kier molecular flexibility index (Phi) is 3.77. The van der Waals surface area contributed by atoms with Gasteiger partial charge in [-0.2, -0.15) is 0 Å². The van der Waals surface area contributed by atoms with Gasteiger partial charge in [0.25, 0.3) is 0 Å². The van der Waals surface area contributed by atoms with Gasteiger partial charge in [-0.25, -0.2) is 9.97 Å². The highest BCUT2D eigenvalue weighted by atomic mass is 16.5. The molecule has 0 saturated carbocycles. The molecule has 6 heteroatoms. The standard InChI is InChI=1S/C21H23N5O/c1-14-12-18-20(25(14)2)21(24-13-23-18)26-10-7-15(8-11-26)27-19-5-3-4-17-16(19)6-9-22-17/h3-6,9,12-13,15,22H,7-8,10-11H2,1-2H3. The molecule has 1 saturated heterocycles. The average Bonchev–Trinajstić information content (AvgIpc) is 3.28. The van der Waals surface area contributed by atoms with Gasteiger partial charge < -0.3 is 19.2 Å². The van der Waals surface area contributed by atoms with E-state index in [1.807, 2.05) is 12.3 Å². The smallest absolute Gasteiger partial charge is 0.156 e. The summed E-state index contributed by atoms with van der Waals surface area (Å²) in [5, 5.41) is 1.15. The lowest BCUT2D eigenvalue weighted by Crippen LogP contribution is -2.39. The fraction of sp³-hybridized carbons (Fsp3) is 0.333. The largest absolute Gasteiger partial charge is 0.490 e. The number of aryl methyl sites for hydroxylation is 2. The molecule has 0 bridgehead atoms. The van der Waals surface area contributed by atoms with Crippen molar-refractivity contribution in [3.8, 4) is 5.75 Å². The Morgan fingerprint density at radius 3 is 2.85 bits per heavy atom. The van der Waals surface area contributed by atoms with Crippen LogP contribution in [-0.2, 0) is 7.05 Å². The molecule has 1 N–H and O–H groups in total. The number of piperidine rings is 1. The van der Waals surface area contributed by atoms with Crippen LogP contribution in [0.2, 0.25) is 0 Å². The van der Waals surface area contributed by atoms with E-state index in [2.05, 4.69) is 62.7 Å². The lowest BCUT2D eigenvalue weighted by molar-refractivity contribution is 0.173. The maximum absolute atomic E-state index is 6.34. The second-order valence-corrected chi connectivity index (χ2v) is 7.28. The van der Waals surface area contributed by atoms with E-state index < -0.39 is 0 Å². The highest BCUT2D eigenvalue weighted by Crippen LogP contribution is 2.30. The molecule has 0 atom stereocenters. The fourth-order valence-corrected chi connectivity index (χ4v) is 4.04. The van der Waals surface area contributed by atoms with Crippen LogP contribution < -0.4 is 9.64 Å². The molecule has 5 rings (SSSR count). The van der Waals surface area contributed by atoms with Gasteiger partial charge in [0.1, 0.15) is 23.7 Å². The minimum atomic E-state index is 0.231. The Balaban J connectivity index is 1.34. The van der Waals surface area contributed by atoms with E-state index in [4.69, 9.17) is 4.74 Å². The van der Waals surface area contributed by atoms with E-state index in [0.717, 1.165) is 59.4 Å². The van der Waals surface area contributed by atoms with E-state index in [1.165, 1.54) is 5.69 Å². The monoisotopic (exact) mass is 361 g/mol. The molecule has 1 aromatic carbocycles. The van der Waals surface area contributed by atoms with Crippen LogP contribution in [0.3, 0.4) is 0 Å². The van der Waals surface area contributed by atoms with Crippen LogP contribution in [0, 0.1) is 6.92 Å². The third-order valence-electron chi connectivity index (χ3n) is 5.63. The van der Waals surface area contributed by atoms with Crippen LogP contribution >= 0.6 is 0 Å². The molecule has 4 heterocycles. The van der Waals surface area contributed by atoms with Crippen LogP contribution in [0.4, 0.5) is 5.82 Å². The highest BCUT2D eigenvalue weighted by molar-refractivity contribution is 5.88. The summed E-state index contributed by atoms with van der Waals surface area (Å²) >= 11 is 0. The molecule has 6 nitrogen and oxygen atoms in total. The van der Waals surface area contributed by atoms with Crippen LogP contribution in [-0.4, -0.2) is 38.7 Å². The first kappa shape index (κ1) is 16.2. The van der Waals surface area contributed by atoms with Gasteiger partial charge in [0.2, 0.25) is 0 Å². The lowest BCUT2D eigenvalue weighted by Gasteiger charge is -2.33. The van der Waals surface area contributed by atoms with Crippen molar-refractivity contribution in [3.05, 3.63) is 48.5 Å². The molecule has 1 aliphatic rings. The molecule has 0 amide bonds. The predicted octanol–water partition coefficient (Wildman–Crippen LogP) is 3.81. The number of benzene rings is 1. The van der Waals surface area contributed by atoms with E-state index in [9.17, 15) is 0 Å². The number of hydrogen-bond acceptors (Lipinski definition) is 4. The third-order valence-corrected chi connectivity index (χ3v) is 5.63. The zero-order valence-electron chi connectivity index (χ0n) is 15.6. The van der Waals surface area contributed by atoms with Gasteiger partial charge in [-0.3, -0.25) is 0 Å². The van der Waals surface area contributed by atoms with Crippen molar-refractivity contribution in [2.75, 3.05) is 18.0 Å². The third kappa shape index (κ3) is 2.72. The Bertz CT molecular complexity index is 1100. The van der Waals surface area contributed by atoms with Gasteiger partial charge in [0.05, 0.1) is 5.52 Å². The maximum Gasteiger partial charge on any atom is 0.156 e. The Morgan fingerprint density at radius 1 is 1.15 bits per heavy atom. The van der Waals surface area contributed by atoms with Crippen molar-refractivity contribution in [2.45, 2.75) is 25.9 Å². The molecule has 3 aromatic heterocycles. The lowest BCUT2D eigenvalue weighted by atomic mass is 10.1. The number of fused-ring (bicyclic) bond motifs is 2. The maximum atomic E-state index is 6.34. The van der Waals surface area contributed by atoms with Gasteiger partial charge in [-0.1, -0.05) is 6.07 Å². The van der Waals surface area contributed by atoms with Crippen LogP contribution in [0.5, 0.6) is 5.75 Å². The minimum absolute atomic E-state index is 0.231. The van der Waals surface area contributed by atoms with E-state index in [1.54, 1.807) is 6.33 Å². The number of aromatic nitrogens is 4.